The lowest BCUT2D eigenvalue weighted by Gasteiger charge is -2.34. The quantitative estimate of drug-likeness (QED) is 0.267. The fourth-order valence-electron chi connectivity index (χ4n) is 3.19. The van der Waals surface area contributed by atoms with Gasteiger partial charge in [-0.2, -0.15) is 0 Å². The summed E-state index contributed by atoms with van der Waals surface area (Å²) in [5.41, 5.74) is 1.31. The second-order valence-electron chi connectivity index (χ2n) is 6.54. The van der Waals surface area contributed by atoms with Crippen molar-refractivity contribution in [2.24, 2.45) is 4.99 Å². The predicted molar refractivity (Wildman–Crippen MR) is 126 cm³/mol. The number of halogens is 1. The molecule has 1 aliphatic rings. The van der Waals surface area contributed by atoms with E-state index in [2.05, 4.69) is 62.8 Å². The molecule has 2 aromatic rings. The van der Waals surface area contributed by atoms with Gasteiger partial charge in [-0.1, -0.05) is 18.2 Å². The Kier molecular flexibility index (Phi) is 9.88. The number of aliphatic imine (C=N–C) groups is 1. The highest BCUT2D eigenvalue weighted by Gasteiger charge is 2.20. The van der Waals surface area contributed by atoms with Crippen molar-refractivity contribution in [1.82, 2.24) is 15.6 Å². The Morgan fingerprint density at radius 3 is 2.64 bits per heavy atom. The first-order valence-electron chi connectivity index (χ1n) is 9.73. The molecule has 0 amide bonds. The van der Waals surface area contributed by atoms with Crippen LogP contribution in [-0.2, 0) is 0 Å². The number of pyridine rings is 1. The minimum absolute atomic E-state index is 0. The SMILES string of the molecule is CCNC(=NCCOc1cccnc1)NC1CCN(c2ccccc2)CC1.I. The Balaban J connectivity index is 0.00000280. The molecule has 0 atom stereocenters. The predicted octanol–water partition coefficient (Wildman–Crippen LogP) is 3.30. The van der Waals surface area contributed by atoms with Gasteiger partial charge in [-0.15, -0.1) is 24.0 Å². The Bertz CT molecular complexity index is 690. The van der Waals surface area contributed by atoms with Crippen LogP contribution < -0.4 is 20.3 Å². The molecule has 0 aliphatic carbocycles. The highest BCUT2D eigenvalue weighted by atomic mass is 127. The monoisotopic (exact) mass is 495 g/mol. The molecule has 0 spiro atoms. The molecule has 7 heteroatoms. The molecule has 1 aromatic heterocycles. The fourth-order valence-corrected chi connectivity index (χ4v) is 3.19. The van der Waals surface area contributed by atoms with Crippen LogP contribution in [0.25, 0.3) is 0 Å². The molecule has 1 aromatic carbocycles. The molecule has 2 heterocycles. The average molecular weight is 495 g/mol. The smallest absolute Gasteiger partial charge is 0.191 e. The summed E-state index contributed by atoms with van der Waals surface area (Å²) < 4.78 is 5.66. The maximum absolute atomic E-state index is 5.66. The van der Waals surface area contributed by atoms with Gasteiger partial charge in [0.1, 0.15) is 12.4 Å². The number of guanidine groups is 1. The summed E-state index contributed by atoms with van der Waals surface area (Å²) in [6, 6.07) is 14.8. The molecule has 2 N–H and O–H groups in total. The van der Waals surface area contributed by atoms with Gasteiger partial charge in [0.25, 0.3) is 0 Å². The molecule has 3 rings (SSSR count). The average Bonchev–Trinajstić information content (AvgIpc) is 2.73. The van der Waals surface area contributed by atoms with Gasteiger partial charge in [0, 0.05) is 37.6 Å². The molecular weight excluding hydrogens is 465 g/mol. The van der Waals surface area contributed by atoms with E-state index in [9.17, 15) is 0 Å². The number of aromatic nitrogens is 1. The van der Waals surface area contributed by atoms with E-state index in [-0.39, 0.29) is 24.0 Å². The first kappa shape index (κ1) is 22.3. The lowest BCUT2D eigenvalue weighted by Crippen LogP contribution is -2.48. The van der Waals surface area contributed by atoms with Crippen molar-refractivity contribution in [2.75, 3.05) is 37.7 Å². The molecule has 1 aliphatic heterocycles. The summed E-state index contributed by atoms with van der Waals surface area (Å²) in [5.74, 6) is 1.64. The van der Waals surface area contributed by atoms with E-state index in [1.165, 1.54) is 5.69 Å². The van der Waals surface area contributed by atoms with Crippen molar-refractivity contribution in [3.8, 4) is 5.75 Å². The minimum atomic E-state index is 0. The van der Waals surface area contributed by atoms with Crippen LogP contribution in [0, 0.1) is 0 Å². The van der Waals surface area contributed by atoms with Crippen molar-refractivity contribution in [1.29, 1.82) is 0 Å². The van der Waals surface area contributed by atoms with Gasteiger partial charge in [-0.3, -0.25) is 4.98 Å². The van der Waals surface area contributed by atoms with E-state index in [1.807, 2.05) is 12.1 Å². The molecule has 1 fully saturated rings. The summed E-state index contributed by atoms with van der Waals surface area (Å²) in [5, 5.41) is 6.90. The first-order chi connectivity index (χ1) is 13.3. The molecule has 28 heavy (non-hydrogen) atoms. The third-order valence-electron chi connectivity index (χ3n) is 4.57. The van der Waals surface area contributed by atoms with Crippen LogP contribution in [0.5, 0.6) is 5.75 Å². The van der Waals surface area contributed by atoms with Gasteiger partial charge in [0.15, 0.2) is 5.96 Å². The van der Waals surface area contributed by atoms with Crippen LogP contribution in [0.15, 0.2) is 59.9 Å². The zero-order valence-corrected chi connectivity index (χ0v) is 18.7. The number of hydrogen-bond donors (Lipinski definition) is 2. The highest BCUT2D eigenvalue weighted by molar-refractivity contribution is 14.0. The van der Waals surface area contributed by atoms with Crippen molar-refractivity contribution < 1.29 is 4.74 Å². The fraction of sp³-hybridized carbons (Fsp3) is 0.429. The summed E-state index contributed by atoms with van der Waals surface area (Å²) >= 11 is 0. The minimum Gasteiger partial charge on any atom is -0.490 e. The third-order valence-corrected chi connectivity index (χ3v) is 4.57. The van der Waals surface area contributed by atoms with Gasteiger partial charge in [-0.05, 0) is 44.0 Å². The van der Waals surface area contributed by atoms with Crippen LogP contribution in [0.4, 0.5) is 5.69 Å². The van der Waals surface area contributed by atoms with E-state index in [4.69, 9.17) is 4.74 Å². The van der Waals surface area contributed by atoms with Crippen LogP contribution in [0.2, 0.25) is 0 Å². The van der Waals surface area contributed by atoms with E-state index >= 15 is 0 Å². The molecular formula is C21H30IN5O. The normalized spacial score (nSPS) is 14.9. The lowest BCUT2D eigenvalue weighted by molar-refractivity contribution is 0.327. The summed E-state index contributed by atoms with van der Waals surface area (Å²) in [4.78, 5) is 11.1. The van der Waals surface area contributed by atoms with Gasteiger partial charge >= 0.3 is 0 Å². The number of piperidine rings is 1. The van der Waals surface area contributed by atoms with E-state index in [0.717, 1.165) is 44.2 Å². The van der Waals surface area contributed by atoms with E-state index < -0.39 is 0 Å². The van der Waals surface area contributed by atoms with Crippen molar-refractivity contribution >= 4 is 35.6 Å². The largest absolute Gasteiger partial charge is 0.490 e. The van der Waals surface area contributed by atoms with Gasteiger partial charge in [0.2, 0.25) is 0 Å². The number of anilines is 1. The van der Waals surface area contributed by atoms with Gasteiger partial charge in [-0.25, -0.2) is 4.99 Å². The summed E-state index contributed by atoms with van der Waals surface area (Å²) in [6.07, 6.45) is 5.66. The number of nitrogens with zero attached hydrogens (tertiary/aromatic N) is 3. The Morgan fingerprint density at radius 2 is 1.96 bits per heavy atom. The summed E-state index contributed by atoms with van der Waals surface area (Å²) in [6.45, 7) is 6.19. The zero-order chi connectivity index (χ0) is 18.7. The first-order valence-corrected chi connectivity index (χ1v) is 9.73. The number of hydrogen-bond acceptors (Lipinski definition) is 4. The van der Waals surface area contributed by atoms with Crippen molar-refractivity contribution in [2.45, 2.75) is 25.8 Å². The molecule has 0 unspecified atom stereocenters. The summed E-state index contributed by atoms with van der Waals surface area (Å²) in [7, 11) is 0. The number of rotatable bonds is 7. The Hall–Kier alpha value is -2.03. The number of ether oxygens (including phenoxy) is 1. The Morgan fingerprint density at radius 1 is 1.18 bits per heavy atom. The van der Waals surface area contributed by atoms with Crippen LogP contribution in [-0.4, -0.2) is 49.8 Å². The van der Waals surface area contributed by atoms with E-state index in [1.54, 1.807) is 12.4 Å². The number of nitrogens with one attached hydrogen (secondary N) is 2. The molecule has 0 radical (unpaired) electrons. The Labute approximate surface area is 184 Å². The third kappa shape index (κ3) is 7.18. The van der Waals surface area contributed by atoms with Crippen LogP contribution in [0.1, 0.15) is 19.8 Å². The van der Waals surface area contributed by atoms with Crippen molar-refractivity contribution in [3.63, 3.8) is 0 Å². The van der Waals surface area contributed by atoms with Crippen LogP contribution in [0.3, 0.4) is 0 Å². The molecule has 6 nitrogen and oxygen atoms in total. The molecule has 152 valence electrons. The zero-order valence-electron chi connectivity index (χ0n) is 16.4. The second-order valence-corrected chi connectivity index (χ2v) is 6.54. The topological polar surface area (TPSA) is 61.8 Å². The molecule has 0 saturated carbocycles. The number of para-hydroxylation sites is 1. The van der Waals surface area contributed by atoms with Crippen molar-refractivity contribution in [3.05, 3.63) is 54.9 Å². The van der Waals surface area contributed by atoms with Crippen LogP contribution >= 0.6 is 24.0 Å². The molecule has 0 bridgehead atoms. The maximum atomic E-state index is 5.66. The second kappa shape index (κ2) is 12.4. The standard InChI is InChI=1S/C21H29N5O.HI/c1-2-23-21(24-13-16-27-20-9-6-12-22-17-20)25-18-10-14-26(15-11-18)19-7-4-3-5-8-19;/h3-9,12,17-18H,2,10-11,13-16H2,1H3,(H2,23,24,25);1H. The lowest BCUT2D eigenvalue weighted by atomic mass is 10.0. The van der Waals surface area contributed by atoms with Gasteiger partial charge < -0.3 is 20.3 Å². The van der Waals surface area contributed by atoms with E-state index in [0.29, 0.717) is 19.2 Å². The number of benzene rings is 1. The molecule has 1 saturated heterocycles. The maximum Gasteiger partial charge on any atom is 0.191 e. The highest BCUT2D eigenvalue weighted by Crippen LogP contribution is 2.19. The van der Waals surface area contributed by atoms with Gasteiger partial charge in [0.05, 0.1) is 12.7 Å².